The first kappa shape index (κ1) is 23.1. The zero-order chi connectivity index (χ0) is 21.4. The molecule has 12 heteroatoms. The molecule has 0 bridgehead atoms. The van der Waals surface area contributed by atoms with Crippen molar-refractivity contribution in [2.75, 3.05) is 4.31 Å². The summed E-state index contributed by atoms with van der Waals surface area (Å²) in [6, 6.07) is 3.79. The van der Waals surface area contributed by atoms with Crippen molar-refractivity contribution in [2.45, 2.75) is 24.0 Å². The number of nitrogens with zero attached hydrogens (tertiary/aromatic N) is 1. The maximum atomic E-state index is 13.1. The largest absolute Gasteiger partial charge is 0.416 e. The highest BCUT2D eigenvalue weighted by molar-refractivity contribution is 7.93. The molecule has 0 fully saturated rings. The van der Waals surface area contributed by atoms with Gasteiger partial charge in [0.25, 0.3) is 10.0 Å². The average Bonchev–Trinajstić information content (AvgIpc) is 2.57. The molecule has 2 aromatic carbocycles. The topological polar surface area (TPSA) is 54.5 Å². The first-order valence-electron chi connectivity index (χ1n) is 7.32. The SMILES string of the molecule is CC(C(=O)Cl)N(c1cc(C(F)(F)F)ccc1Cl)S(=O)(=O)c1ccc(Cl)c(Cl)c1. The Hall–Kier alpha value is -1.19. The second-order valence-electron chi connectivity index (χ2n) is 5.52. The van der Waals surface area contributed by atoms with Crippen molar-refractivity contribution in [1.29, 1.82) is 0 Å². The molecule has 1 atom stereocenters. The molecule has 2 aromatic rings. The van der Waals surface area contributed by atoms with Gasteiger partial charge in [-0.05, 0) is 54.9 Å². The third-order valence-corrected chi connectivity index (χ3v) is 6.89. The van der Waals surface area contributed by atoms with Gasteiger partial charge in [0.1, 0.15) is 6.04 Å². The van der Waals surface area contributed by atoms with Gasteiger partial charge in [-0.3, -0.25) is 9.10 Å². The number of benzene rings is 2. The van der Waals surface area contributed by atoms with Gasteiger partial charge in [0.15, 0.2) is 0 Å². The van der Waals surface area contributed by atoms with Gasteiger partial charge in [0, 0.05) is 0 Å². The van der Waals surface area contributed by atoms with Crippen LogP contribution in [-0.2, 0) is 21.0 Å². The maximum Gasteiger partial charge on any atom is 0.416 e. The number of rotatable bonds is 5. The number of carbonyl (C=O) groups is 1. The summed E-state index contributed by atoms with van der Waals surface area (Å²) in [6.07, 6.45) is -4.77. The monoisotopic (exact) mass is 493 g/mol. The van der Waals surface area contributed by atoms with Gasteiger partial charge in [-0.25, -0.2) is 8.42 Å². The molecule has 0 saturated carbocycles. The number of hydrogen-bond acceptors (Lipinski definition) is 3. The standard InChI is InChI=1S/C16H10Cl4F3NO3S/c1-8(15(20)25)24(14-6-9(16(21,22)23)2-4-12(14)18)28(26,27)10-3-5-11(17)13(19)7-10/h2-8H,1H3. The highest BCUT2D eigenvalue weighted by atomic mass is 35.5. The molecule has 0 radical (unpaired) electrons. The van der Waals surface area contributed by atoms with Crippen molar-refractivity contribution in [3.05, 3.63) is 57.0 Å². The summed E-state index contributed by atoms with van der Waals surface area (Å²) in [7, 11) is -4.59. The van der Waals surface area contributed by atoms with E-state index in [4.69, 9.17) is 46.4 Å². The second-order valence-corrected chi connectivity index (χ2v) is 8.93. The Labute approximate surface area is 178 Å². The molecular weight excluding hydrogens is 485 g/mol. The quantitative estimate of drug-likeness (QED) is 0.478. The van der Waals surface area contributed by atoms with E-state index in [0.29, 0.717) is 16.4 Å². The van der Waals surface area contributed by atoms with Gasteiger partial charge < -0.3 is 0 Å². The van der Waals surface area contributed by atoms with E-state index in [1.807, 2.05) is 0 Å². The molecule has 1 unspecified atom stereocenters. The lowest BCUT2D eigenvalue weighted by molar-refractivity contribution is -0.137. The third kappa shape index (κ3) is 4.68. The molecule has 2 rings (SSSR count). The fourth-order valence-corrected chi connectivity index (χ4v) is 4.68. The molecule has 0 amide bonds. The van der Waals surface area contributed by atoms with Crippen LogP contribution >= 0.6 is 46.4 Å². The first-order chi connectivity index (χ1) is 12.8. The van der Waals surface area contributed by atoms with E-state index in [-0.39, 0.29) is 15.1 Å². The van der Waals surface area contributed by atoms with Crippen LogP contribution in [0.5, 0.6) is 0 Å². The Bertz CT molecular complexity index is 1030. The van der Waals surface area contributed by atoms with E-state index in [2.05, 4.69) is 0 Å². The van der Waals surface area contributed by atoms with Gasteiger partial charge in [0.2, 0.25) is 5.24 Å². The Morgan fingerprint density at radius 2 is 1.57 bits per heavy atom. The minimum atomic E-state index is -4.77. The van der Waals surface area contributed by atoms with Crippen molar-refractivity contribution in [3.63, 3.8) is 0 Å². The van der Waals surface area contributed by atoms with Gasteiger partial charge in [0.05, 0.1) is 31.2 Å². The van der Waals surface area contributed by atoms with Crippen LogP contribution in [0.4, 0.5) is 18.9 Å². The molecule has 4 nitrogen and oxygen atoms in total. The third-order valence-electron chi connectivity index (χ3n) is 3.64. The lowest BCUT2D eigenvalue weighted by Crippen LogP contribution is -2.42. The van der Waals surface area contributed by atoms with E-state index in [9.17, 15) is 26.4 Å². The molecule has 0 aliphatic carbocycles. The number of halogens is 7. The fourth-order valence-electron chi connectivity index (χ4n) is 2.25. The molecule has 0 aliphatic heterocycles. The van der Waals surface area contributed by atoms with E-state index in [0.717, 1.165) is 25.1 Å². The number of sulfonamides is 1. The van der Waals surface area contributed by atoms with Crippen LogP contribution in [0.2, 0.25) is 15.1 Å². The lowest BCUT2D eigenvalue weighted by atomic mass is 10.2. The zero-order valence-corrected chi connectivity index (χ0v) is 17.6. The van der Waals surface area contributed by atoms with Gasteiger partial charge in [-0.2, -0.15) is 13.2 Å². The summed E-state index contributed by atoms with van der Waals surface area (Å²) in [6.45, 7) is 1.11. The summed E-state index contributed by atoms with van der Waals surface area (Å²) in [4.78, 5) is 11.3. The highest BCUT2D eigenvalue weighted by Gasteiger charge is 2.37. The number of carbonyl (C=O) groups excluding carboxylic acids is 1. The van der Waals surface area contributed by atoms with Crippen molar-refractivity contribution < 1.29 is 26.4 Å². The Morgan fingerprint density at radius 1 is 1.00 bits per heavy atom. The van der Waals surface area contributed by atoms with Gasteiger partial charge in [-0.1, -0.05) is 34.8 Å². The van der Waals surface area contributed by atoms with Gasteiger partial charge >= 0.3 is 6.18 Å². The van der Waals surface area contributed by atoms with Crippen LogP contribution in [-0.4, -0.2) is 19.7 Å². The van der Waals surface area contributed by atoms with Crippen LogP contribution < -0.4 is 4.31 Å². The molecule has 0 aromatic heterocycles. The number of anilines is 1. The summed E-state index contributed by atoms with van der Waals surface area (Å²) in [5.74, 6) is 0. The van der Waals surface area contributed by atoms with Gasteiger partial charge in [-0.15, -0.1) is 0 Å². The molecular formula is C16H10Cl4F3NO3S. The summed E-state index contributed by atoms with van der Waals surface area (Å²) in [5.41, 5.74) is -1.72. The minimum Gasteiger partial charge on any atom is -0.279 e. The van der Waals surface area contributed by atoms with Crippen LogP contribution in [0.15, 0.2) is 41.3 Å². The highest BCUT2D eigenvalue weighted by Crippen LogP contribution is 2.39. The number of hydrogen-bond donors (Lipinski definition) is 0. The summed E-state index contributed by atoms with van der Waals surface area (Å²) in [5, 5.41) is -1.51. The van der Waals surface area contributed by atoms with E-state index >= 15 is 0 Å². The first-order valence-corrected chi connectivity index (χ1v) is 10.3. The zero-order valence-electron chi connectivity index (χ0n) is 13.8. The van der Waals surface area contributed by atoms with Crippen molar-refractivity contribution in [3.8, 4) is 0 Å². The minimum absolute atomic E-state index is 0.0609. The van der Waals surface area contributed by atoms with Crippen LogP contribution in [0.3, 0.4) is 0 Å². The van der Waals surface area contributed by atoms with E-state index in [1.54, 1.807) is 0 Å². The predicted octanol–water partition coefficient (Wildman–Crippen LogP) is 6.01. The second kappa shape index (κ2) is 8.28. The molecule has 0 heterocycles. The number of alkyl halides is 3. The normalized spacial score (nSPS) is 13.3. The Morgan fingerprint density at radius 3 is 2.07 bits per heavy atom. The lowest BCUT2D eigenvalue weighted by Gasteiger charge is -2.29. The van der Waals surface area contributed by atoms with Crippen molar-refractivity contribution >= 4 is 67.4 Å². The van der Waals surface area contributed by atoms with Crippen molar-refractivity contribution in [2.24, 2.45) is 0 Å². The maximum absolute atomic E-state index is 13.1. The molecule has 28 heavy (non-hydrogen) atoms. The fraction of sp³-hybridized carbons (Fsp3) is 0.188. The molecule has 0 aliphatic rings. The predicted molar refractivity (Wildman–Crippen MR) is 103 cm³/mol. The Kier molecular flexibility index (Phi) is 6.83. The molecule has 0 spiro atoms. The molecule has 0 saturated heterocycles. The van der Waals surface area contributed by atoms with E-state index in [1.165, 1.54) is 6.07 Å². The van der Waals surface area contributed by atoms with Crippen molar-refractivity contribution in [1.82, 2.24) is 0 Å². The summed E-state index contributed by atoms with van der Waals surface area (Å²) < 4.78 is 66.0. The summed E-state index contributed by atoms with van der Waals surface area (Å²) >= 11 is 23.0. The molecule has 0 N–H and O–H groups in total. The van der Waals surface area contributed by atoms with E-state index < -0.39 is 43.6 Å². The Balaban J connectivity index is 2.77. The van der Waals surface area contributed by atoms with Crippen LogP contribution in [0, 0.1) is 0 Å². The average molecular weight is 495 g/mol. The van der Waals surface area contributed by atoms with Crippen LogP contribution in [0.25, 0.3) is 0 Å². The smallest absolute Gasteiger partial charge is 0.279 e. The van der Waals surface area contributed by atoms with Crippen LogP contribution in [0.1, 0.15) is 12.5 Å². The molecule has 152 valence electrons.